The molecule has 114 valence electrons. The topological polar surface area (TPSA) is 83.6 Å². The fourth-order valence-electron chi connectivity index (χ4n) is 2.92. The highest BCUT2D eigenvalue weighted by Gasteiger charge is 2.51. The van der Waals surface area contributed by atoms with Gasteiger partial charge in [-0.25, -0.2) is 4.79 Å². The second-order valence-electron chi connectivity index (χ2n) is 5.82. The third-order valence-corrected chi connectivity index (χ3v) is 6.24. The predicted octanol–water partition coefficient (Wildman–Crippen LogP) is 1.52. The van der Waals surface area contributed by atoms with Crippen molar-refractivity contribution in [2.75, 3.05) is 12.3 Å². The molecule has 3 N–H and O–H groups in total. The van der Waals surface area contributed by atoms with Crippen LogP contribution in [0.3, 0.4) is 0 Å². The molecular weight excluding hydrogens is 276 g/mol. The Balaban J connectivity index is 2.28. The zero-order chi connectivity index (χ0) is 14.9. The molecule has 0 radical (unpaired) electrons. The van der Waals surface area contributed by atoms with Crippen molar-refractivity contribution in [2.24, 2.45) is 17.1 Å². The number of rotatable bonds is 6. The van der Waals surface area contributed by atoms with E-state index < -0.39 is 17.4 Å². The molecule has 1 saturated carbocycles. The van der Waals surface area contributed by atoms with Crippen LogP contribution in [0.25, 0.3) is 0 Å². The fourth-order valence-corrected chi connectivity index (χ4v) is 4.55. The van der Waals surface area contributed by atoms with E-state index in [0.29, 0.717) is 24.5 Å². The van der Waals surface area contributed by atoms with E-state index in [1.165, 1.54) is 0 Å². The van der Waals surface area contributed by atoms with E-state index in [1.807, 2.05) is 13.8 Å². The number of hydrogen-bond acceptors (Lipinski definition) is 4. The van der Waals surface area contributed by atoms with Gasteiger partial charge in [-0.05, 0) is 31.6 Å². The number of carboxylic acids is 1. The summed E-state index contributed by atoms with van der Waals surface area (Å²) in [6.45, 7) is 4.20. The van der Waals surface area contributed by atoms with E-state index in [-0.39, 0.29) is 17.8 Å². The normalized spacial score (nSPS) is 26.9. The first-order chi connectivity index (χ1) is 9.50. The molecule has 20 heavy (non-hydrogen) atoms. The van der Waals surface area contributed by atoms with E-state index in [9.17, 15) is 14.7 Å². The van der Waals surface area contributed by atoms with Crippen LogP contribution in [0.5, 0.6) is 0 Å². The summed E-state index contributed by atoms with van der Waals surface area (Å²) in [7, 11) is 0. The lowest BCUT2D eigenvalue weighted by molar-refractivity contribution is -0.154. The van der Waals surface area contributed by atoms with Crippen molar-refractivity contribution in [1.29, 1.82) is 0 Å². The van der Waals surface area contributed by atoms with Crippen molar-refractivity contribution in [3.05, 3.63) is 0 Å². The highest BCUT2D eigenvalue weighted by molar-refractivity contribution is 8.00. The van der Waals surface area contributed by atoms with Crippen LogP contribution in [0.1, 0.15) is 39.5 Å². The summed E-state index contributed by atoms with van der Waals surface area (Å²) < 4.78 is 0. The number of aliphatic carboxylic acids is 1. The Morgan fingerprint density at radius 3 is 2.35 bits per heavy atom. The molecule has 0 aromatic heterocycles. The first-order valence-electron chi connectivity index (χ1n) is 7.38. The maximum atomic E-state index is 13.0. The van der Waals surface area contributed by atoms with E-state index in [2.05, 4.69) is 0 Å². The van der Waals surface area contributed by atoms with Gasteiger partial charge < -0.3 is 15.7 Å². The van der Waals surface area contributed by atoms with Gasteiger partial charge in [0.1, 0.15) is 6.04 Å². The Morgan fingerprint density at radius 1 is 1.35 bits per heavy atom. The van der Waals surface area contributed by atoms with Crippen LogP contribution in [-0.4, -0.2) is 45.6 Å². The second-order valence-corrected chi connectivity index (χ2v) is 6.97. The van der Waals surface area contributed by atoms with Gasteiger partial charge >= 0.3 is 5.97 Å². The highest BCUT2D eigenvalue weighted by atomic mass is 32.2. The number of amides is 1. The summed E-state index contributed by atoms with van der Waals surface area (Å²) >= 11 is 1.62. The molecule has 0 spiro atoms. The molecule has 1 aliphatic carbocycles. The van der Waals surface area contributed by atoms with Crippen LogP contribution in [0, 0.1) is 11.3 Å². The average Bonchev–Trinajstić information content (AvgIpc) is 3.19. The number of carbonyl (C=O) groups is 2. The van der Waals surface area contributed by atoms with Crippen molar-refractivity contribution in [1.82, 2.24) is 4.90 Å². The van der Waals surface area contributed by atoms with Gasteiger partial charge in [-0.3, -0.25) is 4.79 Å². The molecule has 1 saturated heterocycles. The third-order valence-electron chi connectivity index (χ3n) is 4.78. The molecule has 0 bridgehead atoms. The molecule has 6 heteroatoms. The number of carbonyl (C=O) groups excluding carboxylic acids is 1. The first-order valence-corrected chi connectivity index (χ1v) is 8.42. The molecule has 0 aromatic carbocycles. The Kier molecular flexibility index (Phi) is 4.64. The monoisotopic (exact) mass is 300 g/mol. The van der Waals surface area contributed by atoms with Crippen molar-refractivity contribution in [3.8, 4) is 0 Å². The largest absolute Gasteiger partial charge is 0.480 e. The smallest absolute Gasteiger partial charge is 0.327 e. The minimum atomic E-state index is -0.896. The van der Waals surface area contributed by atoms with Crippen molar-refractivity contribution < 1.29 is 14.7 Å². The summed E-state index contributed by atoms with van der Waals surface area (Å²) in [5.41, 5.74) is 5.25. The van der Waals surface area contributed by atoms with E-state index in [0.717, 1.165) is 12.8 Å². The van der Waals surface area contributed by atoms with E-state index in [1.54, 1.807) is 16.7 Å². The lowest BCUT2D eigenvalue weighted by Gasteiger charge is -2.37. The number of carboxylic acid groups (broad SMARTS) is 1. The lowest BCUT2D eigenvalue weighted by atomic mass is 9.80. The zero-order valence-electron chi connectivity index (χ0n) is 12.2. The van der Waals surface area contributed by atoms with Gasteiger partial charge in [-0.1, -0.05) is 13.8 Å². The molecule has 1 aliphatic heterocycles. The van der Waals surface area contributed by atoms with E-state index in [4.69, 9.17) is 5.73 Å². The van der Waals surface area contributed by atoms with Gasteiger partial charge in [0.2, 0.25) is 5.91 Å². The highest BCUT2D eigenvalue weighted by Crippen LogP contribution is 2.47. The molecule has 2 unspecified atom stereocenters. The maximum Gasteiger partial charge on any atom is 0.327 e. The molecule has 5 nitrogen and oxygen atoms in total. The summed E-state index contributed by atoms with van der Waals surface area (Å²) in [6, 6.07) is -0.692. The average molecular weight is 300 g/mol. The Hall–Kier alpha value is -0.750. The summed E-state index contributed by atoms with van der Waals surface area (Å²) in [4.78, 5) is 26.1. The van der Waals surface area contributed by atoms with Gasteiger partial charge in [-0.15, -0.1) is 11.8 Å². The van der Waals surface area contributed by atoms with Gasteiger partial charge in [-0.2, -0.15) is 0 Å². The van der Waals surface area contributed by atoms with Gasteiger partial charge in [0.25, 0.3) is 0 Å². The van der Waals surface area contributed by atoms with Crippen LogP contribution >= 0.6 is 11.8 Å². The molecule has 0 aromatic rings. The van der Waals surface area contributed by atoms with Crippen molar-refractivity contribution in [3.63, 3.8) is 0 Å². The number of thioether (sulfide) groups is 1. The first kappa shape index (κ1) is 15.6. The Labute approximate surface area is 124 Å². The summed E-state index contributed by atoms with van der Waals surface area (Å²) in [5.74, 6) is 0.0139. The second kappa shape index (κ2) is 5.93. The maximum absolute atomic E-state index is 13.0. The van der Waals surface area contributed by atoms with Gasteiger partial charge in [0, 0.05) is 12.3 Å². The van der Waals surface area contributed by atoms with Crippen LogP contribution < -0.4 is 5.73 Å². The molecule has 1 amide bonds. The van der Waals surface area contributed by atoms with Crippen LogP contribution in [0.4, 0.5) is 0 Å². The number of nitrogens with zero attached hydrogens (tertiary/aromatic N) is 1. The van der Waals surface area contributed by atoms with Crippen molar-refractivity contribution in [2.45, 2.75) is 50.9 Å². The number of hydrogen-bond donors (Lipinski definition) is 2. The number of nitrogens with two attached hydrogens (primary N) is 1. The van der Waals surface area contributed by atoms with Crippen LogP contribution in [0.15, 0.2) is 0 Å². The molecular formula is C14H24N2O3S. The van der Waals surface area contributed by atoms with Crippen LogP contribution in [0.2, 0.25) is 0 Å². The minimum absolute atomic E-state index is 0.0348. The SMILES string of the molecule is CCC(CC)(CN)C(=O)N1C(C(=O)O)CSC1C1CC1. The summed E-state index contributed by atoms with van der Waals surface area (Å²) in [5, 5.41) is 9.43. The molecule has 1 heterocycles. The Bertz CT molecular complexity index is 386. The fraction of sp³-hybridized carbons (Fsp3) is 0.857. The minimum Gasteiger partial charge on any atom is -0.480 e. The van der Waals surface area contributed by atoms with E-state index >= 15 is 0 Å². The standard InChI is InChI=1S/C14H24N2O3S/c1-3-14(4-2,8-15)13(19)16-10(12(17)18)7-20-11(16)9-5-6-9/h9-11H,3-8,15H2,1-2H3,(H,17,18). The summed E-state index contributed by atoms with van der Waals surface area (Å²) in [6.07, 6.45) is 3.51. The molecule has 2 fully saturated rings. The third kappa shape index (κ3) is 2.55. The van der Waals surface area contributed by atoms with Crippen LogP contribution in [-0.2, 0) is 9.59 Å². The molecule has 2 rings (SSSR count). The van der Waals surface area contributed by atoms with Gasteiger partial charge in [0.15, 0.2) is 0 Å². The Morgan fingerprint density at radius 2 is 1.95 bits per heavy atom. The van der Waals surface area contributed by atoms with Crippen molar-refractivity contribution >= 4 is 23.6 Å². The van der Waals surface area contributed by atoms with Gasteiger partial charge in [0.05, 0.1) is 10.8 Å². The zero-order valence-corrected chi connectivity index (χ0v) is 13.0. The molecule has 2 atom stereocenters. The molecule has 2 aliphatic rings. The predicted molar refractivity (Wildman–Crippen MR) is 79.3 cm³/mol. The quantitative estimate of drug-likeness (QED) is 0.777. The lowest BCUT2D eigenvalue weighted by Crippen LogP contribution is -2.54.